The number of pyridine rings is 1. The van der Waals surface area contributed by atoms with E-state index in [1.165, 1.54) is 12.1 Å². The van der Waals surface area contributed by atoms with E-state index in [0.717, 1.165) is 34.5 Å². The molecule has 0 saturated carbocycles. The van der Waals surface area contributed by atoms with Crippen molar-refractivity contribution in [2.24, 2.45) is 5.73 Å². The summed E-state index contributed by atoms with van der Waals surface area (Å²) in [5.41, 5.74) is 16.8. The lowest BCUT2D eigenvalue weighted by Gasteiger charge is -2.23. The zero-order valence-corrected chi connectivity index (χ0v) is 18.0. The van der Waals surface area contributed by atoms with E-state index in [2.05, 4.69) is 20.5 Å². The van der Waals surface area contributed by atoms with Crippen molar-refractivity contribution in [1.29, 1.82) is 0 Å². The molecule has 2 atom stereocenters. The van der Waals surface area contributed by atoms with Crippen LogP contribution in [0.5, 0.6) is 5.75 Å². The van der Waals surface area contributed by atoms with E-state index in [1.807, 2.05) is 19.9 Å². The molecule has 9 heteroatoms. The Morgan fingerprint density at radius 1 is 1.39 bits per heavy atom. The van der Waals surface area contributed by atoms with Gasteiger partial charge in [0.1, 0.15) is 17.4 Å². The second-order valence-corrected chi connectivity index (χ2v) is 7.86. The van der Waals surface area contributed by atoms with Crippen molar-refractivity contribution < 1.29 is 9.13 Å². The Bertz CT molecular complexity index is 1140. The van der Waals surface area contributed by atoms with Gasteiger partial charge in [0.25, 0.3) is 0 Å². The third-order valence-corrected chi connectivity index (χ3v) is 5.37. The van der Waals surface area contributed by atoms with E-state index < -0.39 is 11.6 Å². The van der Waals surface area contributed by atoms with Gasteiger partial charge in [-0.15, -0.1) is 11.6 Å². The third-order valence-electron chi connectivity index (χ3n) is 5.25. The Morgan fingerprint density at radius 3 is 2.94 bits per heavy atom. The first-order valence-electron chi connectivity index (χ1n) is 10.0. The molecule has 31 heavy (non-hydrogen) atoms. The van der Waals surface area contributed by atoms with Crippen LogP contribution in [-0.2, 0) is 13.0 Å². The highest BCUT2D eigenvalue weighted by molar-refractivity contribution is 6.21. The summed E-state index contributed by atoms with van der Waals surface area (Å²) in [6.45, 7) is 4.28. The molecule has 0 saturated heterocycles. The second-order valence-electron chi connectivity index (χ2n) is 7.35. The molecule has 3 heterocycles. The molecule has 0 spiro atoms. The van der Waals surface area contributed by atoms with E-state index in [-0.39, 0.29) is 11.6 Å². The topological polar surface area (TPSA) is 115 Å². The number of rotatable bonds is 2. The molecule has 0 radical (unpaired) electrons. The highest BCUT2D eigenvalue weighted by atomic mass is 35.5. The SMILES string of the molecule is CCc1n[nH]c2c1-c1cnc(N)c(c1)OC(C)c1cc(F)ccc1/C(=C/C(N)Cl)NC2. The first kappa shape index (κ1) is 21.1. The van der Waals surface area contributed by atoms with Crippen molar-refractivity contribution in [2.75, 3.05) is 5.73 Å². The van der Waals surface area contributed by atoms with Crippen LogP contribution in [-0.4, -0.2) is 20.7 Å². The molecular weight excluding hydrogens is 419 g/mol. The van der Waals surface area contributed by atoms with Gasteiger partial charge in [0.2, 0.25) is 0 Å². The van der Waals surface area contributed by atoms with Crippen molar-refractivity contribution in [3.05, 3.63) is 64.9 Å². The number of nitrogens with one attached hydrogen (secondary N) is 2. The highest BCUT2D eigenvalue weighted by Crippen LogP contribution is 2.36. The van der Waals surface area contributed by atoms with E-state index >= 15 is 0 Å². The molecule has 2 aromatic heterocycles. The molecule has 162 valence electrons. The van der Waals surface area contributed by atoms with Crippen molar-refractivity contribution in [2.45, 2.75) is 38.4 Å². The van der Waals surface area contributed by atoms with Gasteiger partial charge in [0, 0.05) is 34.1 Å². The number of halogens is 2. The summed E-state index contributed by atoms with van der Waals surface area (Å²) in [5, 5.41) is 10.9. The lowest BCUT2D eigenvalue weighted by Crippen LogP contribution is -2.20. The van der Waals surface area contributed by atoms with Gasteiger partial charge in [-0.1, -0.05) is 6.92 Å². The summed E-state index contributed by atoms with van der Waals surface area (Å²) in [6, 6.07) is 6.35. The Kier molecular flexibility index (Phi) is 5.84. The maximum absolute atomic E-state index is 14.2. The predicted octanol–water partition coefficient (Wildman–Crippen LogP) is 3.86. The number of benzene rings is 1. The van der Waals surface area contributed by atoms with E-state index in [9.17, 15) is 4.39 Å². The normalized spacial score (nSPS) is 18.1. The number of nitrogens with two attached hydrogens (primary N) is 2. The summed E-state index contributed by atoms with van der Waals surface area (Å²) < 4.78 is 20.3. The van der Waals surface area contributed by atoms with Gasteiger partial charge in [-0.3, -0.25) is 5.10 Å². The van der Waals surface area contributed by atoms with Gasteiger partial charge < -0.3 is 21.5 Å². The zero-order valence-electron chi connectivity index (χ0n) is 17.2. The maximum atomic E-state index is 14.2. The minimum Gasteiger partial charge on any atom is -0.482 e. The molecule has 0 aliphatic carbocycles. The number of ether oxygens (including phenoxy) is 1. The van der Waals surface area contributed by atoms with Crippen LogP contribution in [0.25, 0.3) is 16.8 Å². The Hall–Kier alpha value is -3.10. The molecular formula is C22H24ClFN6O. The molecule has 0 amide bonds. The van der Waals surface area contributed by atoms with Gasteiger partial charge in [-0.05, 0) is 43.7 Å². The van der Waals surface area contributed by atoms with Crippen LogP contribution < -0.4 is 21.5 Å². The summed E-state index contributed by atoms with van der Waals surface area (Å²) in [6.07, 6.45) is 3.60. The molecule has 3 aromatic rings. The molecule has 1 aromatic carbocycles. The molecule has 6 N–H and O–H groups in total. The molecule has 2 unspecified atom stereocenters. The molecule has 7 nitrogen and oxygen atoms in total. The molecule has 1 aliphatic heterocycles. The Morgan fingerprint density at radius 2 is 2.19 bits per heavy atom. The average molecular weight is 443 g/mol. The van der Waals surface area contributed by atoms with Gasteiger partial charge in [0.05, 0.1) is 17.9 Å². The van der Waals surface area contributed by atoms with Gasteiger partial charge in [-0.2, -0.15) is 5.10 Å². The number of aryl methyl sites for hydroxylation is 1. The summed E-state index contributed by atoms with van der Waals surface area (Å²) >= 11 is 6.08. The van der Waals surface area contributed by atoms with Crippen molar-refractivity contribution in [3.8, 4) is 16.9 Å². The van der Waals surface area contributed by atoms with Crippen molar-refractivity contribution >= 4 is 23.1 Å². The number of H-pyrrole nitrogens is 1. The van der Waals surface area contributed by atoms with Gasteiger partial charge >= 0.3 is 0 Å². The van der Waals surface area contributed by atoms with Crippen LogP contribution in [0.1, 0.15) is 42.5 Å². The first-order valence-corrected chi connectivity index (χ1v) is 10.4. The summed E-state index contributed by atoms with van der Waals surface area (Å²) in [4.78, 5) is 4.32. The van der Waals surface area contributed by atoms with Crippen LogP contribution in [0.3, 0.4) is 0 Å². The number of nitrogen functional groups attached to an aromatic ring is 1. The molecule has 1 aliphatic rings. The third kappa shape index (κ3) is 4.22. The van der Waals surface area contributed by atoms with E-state index in [1.54, 1.807) is 18.3 Å². The number of aromatic amines is 1. The van der Waals surface area contributed by atoms with Crippen molar-refractivity contribution in [3.63, 3.8) is 0 Å². The molecule has 0 fully saturated rings. The lowest BCUT2D eigenvalue weighted by molar-refractivity contribution is 0.227. The number of nitrogens with zero attached hydrogens (tertiary/aromatic N) is 2. The van der Waals surface area contributed by atoms with Crippen LogP contribution in [0, 0.1) is 5.82 Å². The van der Waals surface area contributed by atoms with E-state index in [0.29, 0.717) is 23.6 Å². The number of alkyl halides is 1. The van der Waals surface area contributed by atoms with Crippen LogP contribution >= 0.6 is 11.6 Å². The van der Waals surface area contributed by atoms with Crippen LogP contribution in [0.2, 0.25) is 0 Å². The second kappa shape index (κ2) is 8.56. The lowest BCUT2D eigenvalue weighted by atomic mass is 9.98. The Balaban J connectivity index is 1.94. The number of aromatic nitrogens is 3. The zero-order chi connectivity index (χ0) is 22.1. The largest absolute Gasteiger partial charge is 0.482 e. The molecule has 4 rings (SSSR count). The highest BCUT2D eigenvalue weighted by Gasteiger charge is 2.22. The standard InChI is InChI=1S/C22H24ClFN6O/c1-3-16-21-12-6-19(22(26)28-9-12)31-11(2)15-7-13(24)4-5-14(15)17(8-20(23)25)27-10-18(21)30-29-16/h4-9,11,20,27H,3,10,25H2,1-2H3,(H2,26,28)(H,29,30)/b17-8-. The number of fused-ring (bicyclic) bond motifs is 5. The van der Waals surface area contributed by atoms with Gasteiger partial charge in [-0.25, -0.2) is 9.37 Å². The van der Waals surface area contributed by atoms with Crippen LogP contribution in [0.15, 0.2) is 36.5 Å². The van der Waals surface area contributed by atoms with E-state index in [4.69, 9.17) is 27.8 Å². The maximum Gasteiger partial charge on any atom is 0.166 e. The van der Waals surface area contributed by atoms with Crippen molar-refractivity contribution in [1.82, 2.24) is 20.5 Å². The predicted molar refractivity (Wildman–Crippen MR) is 120 cm³/mol. The first-order chi connectivity index (χ1) is 14.9. The quantitative estimate of drug-likeness (QED) is 0.354. The fourth-order valence-corrected chi connectivity index (χ4v) is 3.91. The number of hydrogen-bond donors (Lipinski definition) is 4. The average Bonchev–Trinajstić information content (AvgIpc) is 3.14. The smallest absolute Gasteiger partial charge is 0.166 e. The summed E-state index contributed by atoms with van der Waals surface area (Å²) in [7, 11) is 0. The molecule has 2 bridgehead atoms. The fraction of sp³-hybridized carbons (Fsp3) is 0.273. The monoisotopic (exact) mass is 442 g/mol. The minimum atomic E-state index is -0.732. The van der Waals surface area contributed by atoms with Gasteiger partial charge in [0.15, 0.2) is 11.6 Å². The minimum absolute atomic E-state index is 0.255. The number of anilines is 1. The summed E-state index contributed by atoms with van der Waals surface area (Å²) in [5.74, 6) is 0.298. The number of hydrogen-bond acceptors (Lipinski definition) is 6. The van der Waals surface area contributed by atoms with Crippen LogP contribution in [0.4, 0.5) is 10.2 Å². The Labute approximate surface area is 184 Å². The fourth-order valence-electron chi connectivity index (χ4n) is 3.79.